The van der Waals surface area contributed by atoms with Crippen molar-refractivity contribution in [3.63, 3.8) is 0 Å². The molecule has 1 spiro atoms. The summed E-state index contributed by atoms with van der Waals surface area (Å²) in [5, 5.41) is 9.20. The van der Waals surface area contributed by atoms with E-state index in [9.17, 15) is 9.90 Å². The van der Waals surface area contributed by atoms with E-state index in [0.717, 1.165) is 4.31 Å². The molecular formula is C16H18FeO2. The number of fused-ring (bicyclic) bond motifs is 10. The molecule has 19 heavy (non-hydrogen) atoms. The Balaban J connectivity index is 1.40. The molecule has 0 aromatic heterocycles. The molecule has 10 saturated heterocycles. The zero-order valence-corrected chi connectivity index (χ0v) is 12.2. The molecule has 1 N–H and O–H groups in total. The topological polar surface area (TPSA) is 37.3 Å². The number of rotatable bonds is 3. The van der Waals surface area contributed by atoms with E-state index in [1.165, 1.54) is 43.3 Å². The Morgan fingerprint density at radius 3 is 1.84 bits per heavy atom. The molecule has 3 heteroatoms. The molecule has 10 aliphatic rings. The van der Waals surface area contributed by atoms with Crippen LogP contribution in [0, 0.1) is 5.92 Å². The van der Waals surface area contributed by atoms with E-state index in [1.807, 2.05) is 6.92 Å². The van der Waals surface area contributed by atoms with Crippen molar-refractivity contribution in [2.24, 2.45) is 5.92 Å². The first-order valence-corrected chi connectivity index (χ1v) is 14.2. The molecule has 5 unspecified atom stereocenters. The van der Waals surface area contributed by atoms with Crippen molar-refractivity contribution in [3.05, 3.63) is 11.6 Å². The van der Waals surface area contributed by atoms with Gasteiger partial charge < -0.3 is 0 Å². The molecule has 2 nitrogen and oxygen atoms in total. The Kier molecular flexibility index (Phi) is 0.260. The Labute approximate surface area is 101 Å². The fraction of sp³-hybridized carbons (Fsp3) is 0.812. The summed E-state index contributed by atoms with van der Waals surface area (Å²) in [6.07, 6.45) is 2.18. The minimum absolute atomic E-state index is 0.614. The van der Waals surface area contributed by atoms with Gasteiger partial charge in [-0.1, -0.05) is 0 Å². The third-order valence-electron chi connectivity index (χ3n) is 16.3. The molecule has 10 rings (SSSR count). The second-order valence-corrected chi connectivity index (χ2v) is 35.3. The van der Waals surface area contributed by atoms with Crippen LogP contribution < -0.4 is 0 Å². The molecular weight excluding hydrogens is 280 g/mol. The molecule has 10 heterocycles. The van der Waals surface area contributed by atoms with E-state index in [4.69, 9.17) is 0 Å². The van der Waals surface area contributed by atoms with Crippen LogP contribution in [0.5, 0.6) is 0 Å². The maximum atomic E-state index is 11.2. The van der Waals surface area contributed by atoms with E-state index < -0.39 is 12.5 Å². The molecule has 0 radical (unpaired) electrons. The zero-order valence-electron chi connectivity index (χ0n) is 11.1. The van der Waals surface area contributed by atoms with Crippen molar-refractivity contribution in [1.82, 2.24) is 0 Å². The molecule has 102 valence electrons. The molecule has 0 aromatic rings. The van der Waals surface area contributed by atoms with Gasteiger partial charge in [0.1, 0.15) is 0 Å². The van der Waals surface area contributed by atoms with Gasteiger partial charge in [-0.2, -0.15) is 0 Å². The third-order valence-corrected chi connectivity index (χ3v) is 59.1. The molecule has 0 amide bonds. The first-order valence-electron chi connectivity index (χ1n) is 7.92. The van der Waals surface area contributed by atoms with Crippen LogP contribution in [-0.4, -0.2) is 11.1 Å². The van der Waals surface area contributed by atoms with Crippen molar-refractivity contribution in [3.8, 4) is 0 Å². The monoisotopic (exact) mass is 298 g/mol. The van der Waals surface area contributed by atoms with Crippen molar-refractivity contribution in [2.45, 2.75) is 61.5 Å². The van der Waals surface area contributed by atoms with Gasteiger partial charge in [0, 0.05) is 0 Å². The van der Waals surface area contributed by atoms with Crippen LogP contribution in [0.4, 0.5) is 0 Å². The van der Waals surface area contributed by atoms with Gasteiger partial charge in [0.05, 0.1) is 0 Å². The summed E-state index contributed by atoms with van der Waals surface area (Å²) in [7, 11) is 0. The SMILES string of the molecule is CC(=CC(C)[C]12[CH]3[CH]4[CH]5[CH]1[Fe]45321678[CH]2[CH]1[CH]6[CH]7[CH]28)C(=O)O. The van der Waals surface area contributed by atoms with Crippen LogP contribution in [0.2, 0.25) is 47.7 Å². The number of hydrogen-bond donors (Lipinski definition) is 1. The van der Waals surface area contributed by atoms with Crippen molar-refractivity contribution in [2.75, 3.05) is 0 Å². The predicted molar refractivity (Wildman–Crippen MR) is 67.0 cm³/mol. The van der Waals surface area contributed by atoms with Gasteiger partial charge in [-0.3, -0.25) is 0 Å². The maximum absolute atomic E-state index is 11.2. The first-order chi connectivity index (χ1) is 8.79. The van der Waals surface area contributed by atoms with E-state index in [0.29, 0.717) is 11.5 Å². The summed E-state index contributed by atoms with van der Waals surface area (Å²) in [5.74, 6) is -0.0730. The molecule has 0 aromatic carbocycles. The first kappa shape index (κ1) is 7.66. The van der Waals surface area contributed by atoms with Gasteiger partial charge in [-0.25, -0.2) is 0 Å². The van der Waals surface area contributed by atoms with Gasteiger partial charge in [-0.05, 0) is 0 Å². The summed E-state index contributed by atoms with van der Waals surface area (Å²) >= 11 is 0. The van der Waals surface area contributed by atoms with Crippen molar-refractivity contribution < 1.29 is 16.4 Å². The number of carboxylic acid groups (broad SMARTS) is 1. The van der Waals surface area contributed by atoms with Gasteiger partial charge in [-0.15, -0.1) is 0 Å². The second kappa shape index (κ2) is 0.645. The number of allylic oxidation sites excluding steroid dienone is 1. The van der Waals surface area contributed by atoms with Gasteiger partial charge in [0.2, 0.25) is 0 Å². The van der Waals surface area contributed by atoms with E-state index >= 15 is 0 Å². The Morgan fingerprint density at radius 2 is 1.58 bits per heavy atom. The van der Waals surface area contributed by atoms with Crippen LogP contribution in [0.25, 0.3) is 0 Å². The summed E-state index contributed by atoms with van der Waals surface area (Å²) in [6.45, 7) is 1.24. The van der Waals surface area contributed by atoms with Crippen LogP contribution in [0.15, 0.2) is 11.6 Å². The predicted octanol–water partition coefficient (Wildman–Crippen LogP) is 4.41. The van der Waals surface area contributed by atoms with E-state index in [1.54, 1.807) is 0 Å². The fourth-order valence-corrected chi connectivity index (χ4v) is 94.1. The average molecular weight is 298 g/mol. The molecule has 10 fully saturated rings. The summed E-state index contributed by atoms with van der Waals surface area (Å²) in [6, 6.07) is 0. The van der Waals surface area contributed by atoms with Gasteiger partial charge in [0.15, 0.2) is 0 Å². The second-order valence-electron chi connectivity index (χ2n) is 11.7. The standard InChI is InChI=1S/C11H13O2.C5H5.Fe/c1-8(7-9(2)11(12)13)10-5-3-4-6-10;1-2-4-5-3-1;/h3-8H,1-2H3,(H,12,13);1-5H;. The summed E-state index contributed by atoms with van der Waals surface area (Å²) < 4.78 is 0.829. The Bertz CT molecular complexity index is 1020. The molecule has 0 aliphatic carbocycles. The number of carboxylic acids is 1. The zero-order chi connectivity index (χ0) is 12.5. The normalized spacial score (nSPS) is 110. The molecule has 0 bridgehead atoms. The number of aliphatic carboxylic acids is 1. The van der Waals surface area contributed by atoms with Gasteiger partial charge >= 0.3 is 101 Å². The van der Waals surface area contributed by atoms with Gasteiger partial charge in [0.25, 0.3) is 0 Å². The minimum atomic E-state index is -2.98. The molecule has 10 aliphatic heterocycles. The number of hydrogen-bond acceptors (Lipinski definition) is 1. The van der Waals surface area contributed by atoms with Crippen LogP contribution in [0.1, 0.15) is 13.8 Å². The third kappa shape index (κ3) is 0.0853. The number of carbonyl (C=O) groups is 1. The van der Waals surface area contributed by atoms with Crippen LogP contribution in [0.3, 0.4) is 0 Å². The van der Waals surface area contributed by atoms with Crippen molar-refractivity contribution in [1.29, 1.82) is 0 Å². The molecule has 5 atom stereocenters. The Morgan fingerprint density at radius 1 is 1.11 bits per heavy atom. The van der Waals surface area contributed by atoms with Crippen LogP contribution in [-0.2, 0) is 11.3 Å². The average Bonchev–Trinajstić information content (AvgIpc) is 3.30. The quantitative estimate of drug-likeness (QED) is 0.619. The van der Waals surface area contributed by atoms with Crippen molar-refractivity contribution >= 4 is 5.97 Å². The Hall–Kier alpha value is -0.271. The summed E-state index contributed by atoms with van der Waals surface area (Å²) in [4.78, 5) is 23.2. The molecule has 0 saturated carbocycles. The van der Waals surface area contributed by atoms with E-state index in [-0.39, 0.29) is 0 Å². The van der Waals surface area contributed by atoms with E-state index in [2.05, 4.69) is 13.0 Å². The summed E-state index contributed by atoms with van der Waals surface area (Å²) in [5.41, 5.74) is 0.614. The fourth-order valence-electron chi connectivity index (χ4n) is 18.2. The van der Waals surface area contributed by atoms with Crippen LogP contribution >= 0.6 is 0 Å².